The zero-order valence-electron chi connectivity index (χ0n) is 12.7. The van der Waals surface area contributed by atoms with Crippen molar-refractivity contribution in [2.45, 2.75) is 44.2 Å². The molecule has 2 aromatic heterocycles. The molecule has 3 rings (SSSR count). The lowest BCUT2D eigenvalue weighted by Gasteiger charge is -2.34. The lowest BCUT2D eigenvalue weighted by Crippen LogP contribution is -2.46. The predicted octanol–water partition coefficient (Wildman–Crippen LogP) is 1.33. The molecule has 1 amide bonds. The average Bonchev–Trinajstić information content (AvgIpc) is 3.09. The van der Waals surface area contributed by atoms with Crippen LogP contribution in [0.15, 0.2) is 12.5 Å². The van der Waals surface area contributed by atoms with Gasteiger partial charge < -0.3 is 15.6 Å². The number of hydrogen-bond donors (Lipinski definition) is 2. The number of carbonyl (C=O) groups excluding carboxylic acids is 1. The SMILES string of the molecule is Cn1cncc1-c1nsc(C(=O)NC2CCC(C)(N)CC2)n1. The van der Waals surface area contributed by atoms with E-state index in [1.165, 1.54) is 0 Å². The highest BCUT2D eigenvalue weighted by atomic mass is 32.1. The van der Waals surface area contributed by atoms with Gasteiger partial charge in [-0.3, -0.25) is 4.79 Å². The van der Waals surface area contributed by atoms with Crippen LogP contribution in [-0.4, -0.2) is 36.4 Å². The Hall–Kier alpha value is -1.80. The van der Waals surface area contributed by atoms with Crippen LogP contribution in [0.2, 0.25) is 0 Å². The van der Waals surface area contributed by atoms with Crippen LogP contribution in [0.1, 0.15) is 42.4 Å². The van der Waals surface area contributed by atoms with E-state index in [4.69, 9.17) is 5.73 Å². The standard InChI is InChI=1S/C14H20N6OS/c1-14(15)5-3-9(4-6-14)17-12(21)13-18-11(19-22-13)10-7-16-8-20(10)2/h7-9H,3-6,15H2,1-2H3,(H,17,21). The quantitative estimate of drug-likeness (QED) is 0.889. The maximum absolute atomic E-state index is 12.3. The van der Waals surface area contributed by atoms with E-state index in [0.717, 1.165) is 42.9 Å². The van der Waals surface area contributed by atoms with Crippen LogP contribution in [0, 0.1) is 0 Å². The molecule has 0 saturated heterocycles. The third kappa shape index (κ3) is 3.17. The van der Waals surface area contributed by atoms with E-state index < -0.39 is 0 Å². The first kappa shape index (κ1) is 15.1. The number of amides is 1. The van der Waals surface area contributed by atoms with E-state index in [2.05, 4.69) is 26.6 Å². The molecule has 2 heterocycles. The van der Waals surface area contributed by atoms with Crippen molar-refractivity contribution in [3.8, 4) is 11.5 Å². The van der Waals surface area contributed by atoms with Crippen molar-refractivity contribution in [2.24, 2.45) is 12.8 Å². The second-order valence-corrected chi connectivity index (χ2v) is 6.97. The Bertz CT molecular complexity index is 666. The van der Waals surface area contributed by atoms with Crippen molar-refractivity contribution < 1.29 is 4.79 Å². The van der Waals surface area contributed by atoms with Crippen LogP contribution in [-0.2, 0) is 7.05 Å². The van der Waals surface area contributed by atoms with Crippen molar-refractivity contribution in [3.05, 3.63) is 17.5 Å². The molecule has 22 heavy (non-hydrogen) atoms. The van der Waals surface area contributed by atoms with Crippen LogP contribution in [0.3, 0.4) is 0 Å². The molecule has 0 radical (unpaired) electrons. The topological polar surface area (TPSA) is 98.7 Å². The van der Waals surface area contributed by atoms with Gasteiger partial charge in [-0.05, 0) is 44.1 Å². The summed E-state index contributed by atoms with van der Waals surface area (Å²) < 4.78 is 6.07. The second-order valence-electron chi connectivity index (χ2n) is 6.21. The van der Waals surface area contributed by atoms with Crippen molar-refractivity contribution in [2.75, 3.05) is 0 Å². The van der Waals surface area contributed by atoms with Gasteiger partial charge in [0.15, 0.2) is 5.82 Å². The molecule has 0 aliphatic heterocycles. The Morgan fingerprint density at radius 1 is 1.50 bits per heavy atom. The molecule has 118 valence electrons. The molecule has 1 fully saturated rings. The lowest BCUT2D eigenvalue weighted by atomic mass is 9.82. The maximum atomic E-state index is 12.3. The fourth-order valence-electron chi connectivity index (χ4n) is 2.66. The summed E-state index contributed by atoms with van der Waals surface area (Å²) >= 11 is 1.11. The van der Waals surface area contributed by atoms with Crippen LogP contribution in [0.4, 0.5) is 0 Å². The highest BCUT2D eigenvalue weighted by Gasteiger charge is 2.28. The molecule has 3 N–H and O–H groups in total. The van der Waals surface area contributed by atoms with Gasteiger partial charge in [-0.1, -0.05) is 0 Å². The predicted molar refractivity (Wildman–Crippen MR) is 84.4 cm³/mol. The molecule has 2 aromatic rings. The highest BCUT2D eigenvalue weighted by molar-refractivity contribution is 7.07. The number of nitrogens with zero attached hydrogens (tertiary/aromatic N) is 4. The normalized spacial score (nSPS) is 25.1. The summed E-state index contributed by atoms with van der Waals surface area (Å²) in [5.74, 6) is 0.380. The zero-order chi connectivity index (χ0) is 15.7. The summed E-state index contributed by atoms with van der Waals surface area (Å²) in [6.45, 7) is 2.07. The van der Waals surface area contributed by atoms with Gasteiger partial charge in [0.05, 0.1) is 12.5 Å². The highest BCUT2D eigenvalue weighted by Crippen LogP contribution is 2.26. The van der Waals surface area contributed by atoms with Crippen LogP contribution in [0.25, 0.3) is 11.5 Å². The van der Waals surface area contributed by atoms with Gasteiger partial charge >= 0.3 is 0 Å². The Morgan fingerprint density at radius 3 is 2.86 bits per heavy atom. The average molecular weight is 320 g/mol. The molecule has 0 spiro atoms. The Labute approximate surface area is 133 Å². The first-order chi connectivity index (χ1) is 10.4. The van der Waals surface area contributed by atoms with E-state index in [1.54, 1.807) is 12.5 Å². The Morgan fingerprint density at radius 2 is 2.23 bits per heavy atom. The minimum Gasteiger partial charge on any atom is -0.347 e. The Balaban J connectivity index is 1.64. The van der Waals surface area contributed by atoms with E-state index >= 15 is 0 Å². The van der Waals surface area contributed by atoms with E-state index in [0.29, 0.717) is 10.8 Å². The van der Waals surface area contributed by atoms with E-state index in [1.807, 2.05) is 11.6 Å². The molecular weight excluding hydrogens is 300 g/mol. The first-order valence-corrected chi connectivity index (χ1v) is 8.12. The molecule has 1 saturated carbocycles. The molecular formula is C14H20N6OS. The minimum atomic E-state index is -0.156. The van der Waals surface area contributed by atoms with Crippen LogP contribution < -0.4 is 11.1 Å². The molecule has 0 bridgehead atoms. The smallest absolute Gasteiger partial charge is 0.282 e. The zero-order valence-corrected chi connectivity index (χ0v) is 13.6. The van der Waals surface area contributed by atoms with E-state index in [9.17, 15) is 4.79 Å². The summed E-state index contributed by atoms with van der Waals surface area (Å²) in [7, 11) is 1.87. The summed E-state index contributed by atoms with van der Waals surface area (Å²) in [6, 6.07) is 0.174. The largest absolute Gasteiger partial charge is 0.347 e. The number of aryl methyl sites for hydroxylation is 1. The van der Waals surface area contributed by atoms with Crippen molar-refractivity contribution in [1.82, 2.24) is 24.2 Å². The van der Waals surface area contributed by atoms with Gasteiger partial charge in [0.25, 0.3) is 5.91 Å². The number of aromatic nitrogens is 4. The molecule has 1 aliphatic rings. The molecule has 8 heteroatoms. The van der Waals surface area contributed by atoms with Gasteiger partial charge in [-0.2, -0.15) is 4.37 Å². The Kier molecular flexibility index (Phi) is 3.96. The fraction of sp³-hybridized carbons (Fsp3) is 0.571. The van der Waals surface area contributed by atoms with Gasteiger partial charge in [0, 0.05) is 18.6 Å². The molecule has 0 unspecified atom stereocenters. The molecule has 7 nitrogen and oxygen atoms in total. The molecule has 1 aliphatic carbocycles. The van der Waals surface area contributed by atoms with Crippen molar-refractivity contribution in [3.63, 3.8) is 0 Å². The number of rotatable bonds is 3. The summed E-state index contributed by atoms with van der Waals surface area (Å²) in [5.41, 5.74) is 6.81. The summed E-state index contributed by atoms with van der Waals surface area (Å²) in [6.07, 6.45) is 7.04. The minimum absolute atomic E-state index is 0.101. The molecule has 0 aromatic carbocycles. The first-order valence-electron chi connectivity index (χ1n) is 7.35. The number of imidazole rings is 1. The monoisotopic (exact) mass is 320 g/mol. The number of hydrogen-bond acceptors (Lipinski definition) is 6. The van der Waals surface area contributed by atoms with Gasteiger partial charge in [0.1, 0.15) is 5.69 Å². The number of nitrogens with two attached hydrogens (primary N) is 1. The van der Waals surface area contributed by atoms with Gasteiger partial charge in [-0.15, -0.1) is 0 Å². The van der Waals surface area contributed by atoms with Crippen molar-refractivity contribution >= 4 is 17.4 Å². The van der Waals surface area contributed by atoms with Crippen molar-refractivity contribution in [1.29, 1.82) is 0 Å². The summed E-state index contributed by atoms with van der Waals surface area (Å²) in [5, 5.41) is 3.42. The van der Waals surface area contributed by atoms with Gasteiger partial charge in [0.2, 0.25) is 5.01 Å². The fourth-order valence-corrected chi connectivity index (χ4v) is 3.24. The van der Waals surface area contributed by atoms with Crippen LogP contribution >= 0.6 is 11.5 Å². The number of carbonyl (C=O) groups is 1. The van der Waals surface area contributed by atoms with Crippen LogP contribution in [0.5, 0.6) is 0 Å². The molecule has 0 atom stereocenters. The number of nitrogens with one attached hydrogen (secondary N) is 1. The lowest BCUT2D eigenvalue weighted by molar-refractivity contribution is 0.0919. The summed E-state index contributed by atoms with van der Waals surface area (Å²) in [4.78, 5) is 20.6. The van der Waals surface area contributed by atoms with Gasteiger partial charge in [-0.25, -0.2) is 9.97 Å². The third-order valence-electron chi connectivity index (χ3n) is 4.13. The second kappa shape index (κ2) is 5.77. The third-order valence-corrected chi connectivity index (χ3v) is 4.84. The van der Waals surface area contributed by atoms with E-state index in [-0.39, 0.29) is 17.5 Å². The maximum Gasteiger partial charge on any atom is 0.282 e.